The number of aromatic nitrogens is 1. The second kappa shape index (κ2) is 5.83. The van der Waals surface area contributed by atoms with Gasteiger partial charge in [0.15, 0.2) is 5.82 Å². The van der Waals surface area contributed by atoms with Gasteiger partial charge in [-0.05, 0) is 18.6 Å². The van der Waals surface area contributed by atoms with E-state index >= 15 is 0 Å². The van der Waals surface area contributed by atoms with Crippen molar-refractivity contribution in [2.24, 2.45) is 0 Å². The average molecular weight is 310 g/mol. The summed E-state index contributed by atoms with van der Waals surface area (Å²) in [6, 6.07) is 2.91. The van der Waals surface area contributed by atoms with Crippen LogP contribution in [0.25, 0.3) is 0 Å². The molecule has 3 heterocycles. The minimum Gasteiger partial charge on any atom is -0.471 e. The number of nitrogens with zero attached hydrogens (tertiary/aromatic N) is 2. The second-order valence-electron chi connectivity index (χ2n) is 5.73. The molecular formula is C15H19FN2O2S. The zero-order chi connectivity index (χ0) is 14.9. The number of hydrogen-bond donors (Lipinski definition) is 0. The minimum absolute atomic E-state index is 0.0252. The number of pyridine rings is 1. The Kier molecular flexibility index (Phi) is 4.06. The van der Waals surface area contributed by atoms with E-state index in [1.165, 1.54) is 12.3 Å². The molecule has 1 amide bonds. The first-order valence-electron chi connectivity index (χ1n) is 7.31. The molecule has 2 saturated heterocycles. The third-order valence-electron chi connectivity index (χ3n) is 3.95. The normalized spacial score (nSPS) is 23.1. The van der Waals surface area contributed by atoms with Gasteiger partial charge in [-0.2, -0.15) is 0 Å². The van der Waals surface area contributed by atoms with Crippen LogP contribution in [0.1, 0.15) is 26.2 Å². The van der Waals surface area contributed by atoms with Crippen LogP contribution in [0.15, 0.2) is 18.3 Å². The summed E-state index contributed by atoms with van der Waals surface area (Å²) in [4.78, 5) is 17.7. The van der Waals surface area contributed by atoms with Gasteiger partial charge in [-0.3, -0.25) is 4.79 Å². The molecule has 21 heavy (non-hydrogen) atoms. The smallest absolute Gasteiger partial charge is 0.250 e. The molecule has 1 spiro atoms. The number of likely N-dealkylation sites (tertiary alicyclic amines) is 1. The van der Waals surface area contributed by atoms with E-state index in [-0.39, 0.29) is 22.6 Å². The van der Waals surface area contributed by atoms with Gasteiger partial charge in [0.1, 0.15) is 6.10 Å². The van der Waals surface area contributed by atoms with Crippen molar-refractivity contribution in [1.29, 1.82) is 0 Å². The Hall–Kier alpha value is -1.30. The highest BCUT2D eigenvalue weighted by atomic mass is 32.2. The van der Waals surface area contributed by atoms with Crippen molar-refractivity contribution in [3.8, 4) is 5.88 Å². The number of carbonyl (C=O) groups excluding carboxylic acids is 1. The Morgan fingerprint density at radius 3 is 3.14 bits per heavy atom. The number of amides is 1. The summed E-state index contributed by atoms with van der Waals surface area (Å²) >= 11 is 1.83. The first kappa shape index (κ1) is 14.6. The molecule has 0 N–H and O–H groups in total. The monoisotopic (exact) mass is 310 g/mol. The van der Waals surface area contributed by atoms with Crippen molar-refractivity contribution in [3.63, 3.8) is 0 Å². The van der Waals surface area contributed by atoms with Crippen molar-refractivity contribution >= 4 is 17.7 Å². The fraction of sp³-hybridized carbons (Fsp3) is 0.600. The van der Waals surface area contributed by atoms with E-state index in [1.807, 2.05) is 23.6 Å². The van der Waals surface area contributed by atoms with Gasteiger partial charge in [0.2, 0.25) is 5.91 Å². The number of thioether (sulfide) groups is 1. The fourth-order valence-corrected chi connectivity index (χ4v) is 4.44. The van der Waals surface area contributed by atoms with E-state index in [0.717, 1.165) is 31.7 Å². The van der Waals surface area contributed by atoms with E-state index in [4.69, 9.17) is 4.74 Å². The number of carbonyl (C=O) groups is 1. The van der Waals surface area contributed by atoms with Gasteiger partial charge in [0, 0.05) is 37.9 Å². The molecule has 1 atom stereocenters. The lowest BCUT2D eigenvalue weighted by Crippen LogP contribution is -2.60. The van der Waals surface area contributed by atoms with E-state index in [2.05, 4.69) is 4.98 Å². The van der Waals surface area contributed by atoms with Crippen LogP contribution in [0.5, 0.6) is 5.88 Å². The first-order valence-corrected chi connectivity index (χ1v) is 8.29. The molecule has 3 rings (SSSR count). The third kappa shape index (κ3) is 3.00. The molecular weight excluding hydrogens is 291 g/mol. The number of ether oxygens (including phenoxy) is 1. The van der Waals surface area contributed by atoms with Gasteiger partial charge in [-0.15, -0.1) is 11.8 Å². The molecule has 2 aliphatic heterocycles. The third-order valence-corrected chi connectivity index (χ3v) is 5.53. The Morgan fingerprint density at radius 2 is 2.43 bits per heavy atom. The lowest BCUT2D eigenvalue weighted by atomic mass is 9.92. The lowest BCUT2D eigenvalue weighted by molar-refractivity contribution is -0.136. The van der Waals surface area contributed by atoms with Gasteiger partial charge in [0.05, 0.1) is 4.75 Å². The summed E-state index contributed by atoms with van der Waals surface area (Å²) in [5.41, 5.74) is 0. The van der Waals surface area contributed by atoms with Crippen molar-refractivity contribution in [3.05, 3.63) is 24.1 Å². The molecule has 0 aliphatic carbocycles. The maximum absolute atomic E-state index is 13.5. The number of rotatable bonds is 4. The Balaban J connectivity index is 1.53. The van der Waals surface area contributed by atoms with Crippen molar-refractivity contribution in [2.75, 3.05) is 18.8 Å². The molecule has 0 saturated carbocycles. The molecule has 0 aromatic carbocycles. The predicted molar refractivity (Wildman–Crippen MR) is 79.9 cm³/mol. The average Bonchev–Trinajstić information content (AvgIpc) is 2.84. The van der Waals surface area contributed by atoms with Crippen LogP contribution in [0.4, 0.5) is 4.39 Å². The maximum Gasteiger partial charge on any atom is 0.250 e. The molecule has 4 nitrogen and oxygen atoms in total. The zero-order valence-electron chi connectivity index (χ0n) is 12.0. The molecule has 1 aromatic heterocycles. The second-order valence-corrected chi connectivity index (χ2v) is 7.22. The Labute approximate surface area is 128 Å². The van der Waals surface area contributed by atoms with Gasteiger partial charge in [-0.1, -0.05) is 6.92 Å². The highest BCUT2D eigenvalue weighted by molar-refractivity contribution is 8.01. The van der Waals surface area contributed by atoms with Crippen LogP contribution in [-0.4, -0.2) is 45.5 Å². The van der Waals surface area contributed by atoms with Crippen LogP contribution in [0, 0.1) is 5.82 Å². The fourth-order valence-electron chi connectivity index (χ4n) is 2.91. The SMILES string of the molecule is CCCC(=O)N1CC2(CC(Oc3ncccc3F)CS2)C1. The molecule has 0 radical (unpaired) electrons. The summed E-state index contributed by atoms with van der Waals surface area (Å²) in [5, 5.41) is 0. The molecule has 0 bridgehead atoms. The van der Waals surface area contributed by atoms with Crippen LogP contribution in [0.3, 0.4) is 0 Å². The Bertz CT molecular complexity index is 534. The molecule has 2 fully saturated rings. The van der Waals surface area contributed by atoms with Gasteiger partial charge in [0.25, 0.3) is 5.88 Å². The van der Waals surface area contributed by atoms with Crippen LogP contribution in [0.2, 0.25) is 0 Å². The number of halogens is 1. The molecule has 6 heteroatoms. The van der Waals surface area contributed by atoms with Gasteiger partial charge in [-0.25, -0.2) is 9.37 Å². The van der Waals surface area contributed by atoms with Crippen molar-refractivity contribution < 1.29 is 13.9 Å². The van der Waals surface area contributed by atoms with Crippen LogP contribution in [-0.2, 0) is 4.79 Å². The molecule has 1 unspecified atom stereocenters. The van der Waals surface area contributed by atoms with E-state index < -0.39 is 5.82 Å². The number of hydrogen-bond acceptors (Lipinski definition) is 4. The molecule has 2 aliphatic rings. The quantitative estimate of drug-likeness (QED) is 0.857. The topological polar surface area (TPSA) is 42.4 Å². The van der Waals surface area contributed by atoms with Crippen molar-refractivity contribution in [2.45, 2.75) is 37.0 Å². The Morgan fingerprint density at radius 1 is 1.62 bits per heavy atom. The van der Waals surface area contributed by atoms with E-state index in [0.29, 0.717) is 6.42 Å². The standard InChI is InChI=1S/C15H19FN2O2S/c1-2-4-13(19)18-9-15(10-18)7-11(8-21-15)20-14-12(16)5-3-6-17-14/h3,5-6,11H,2,4,7-10H2,1H3. The summed E-state index contributed by atoms with van der Waals surface area (Å²) in [6.45, 7) is 3.60. The minimum atomic E-state index is -0.420. The first-order chi connectivity index (χ1) is 10.1. The predicted octanol–water partition coefficient (Wildman–Crippen LogP) is 2.49. The van der Waals surface area contributed by atoms with Gasteiger partial charge >= 0.3 is 0 Å². The summed E-state index contributed by atoms with van der Waals surface area (Å²) in [7, 11) is 0. The highest BCUT2D eigenvalue weighted by Gasteiger charge is 2.51. The lowest BCUT2D eigenvalue weighted by Gasteiger charge is -2.47. The zero-order valence-corrected chi connectivity index (χ0v) is 12.9. The van der Waals surface area contributed by atoms with E-state index in [1.54, 1.807) is 6.07 Å². The van der Waals surface area contributed by atoms with Crippen LogP contribution < -0.4 is 4.74 Å². The summed E-state index contributed by atoms with van der Waals surface area (Å²) in [6.07, 6.45) is 3.87. The molecule has 114 valence electrons. The van der Waals surface area contributed by atoms with E-state index in [9.17, 15) is 9.18 Å². The summed E-state index contributed by atoms with van der Waals surface area (Å²) < 4.78 is 19.3. The van der Waals surface area contributed by atoms with Crippen LogP contribution >= 0.6 is 11.8 Å². The molecule has 1 aromatic rings. The summed E-state index contributed by atoms with van der Waals surface area (Å²) in [5.74, 6) is 0.727. The maximum atomic E-state index is 13.5. The van der Waals surface area contributed by atoms with Crippen molar-refractivity contribution in [1.82, 2.24) is 9.88 Å². The van der Waals surface area contributed by atoms with Gasteiger partial charge < -0.3 is 9.64 Å². The highest BCUT2D eigenvalue weighted by Crippen LogP contribution is 2.46. The largest absolute Gasteiger partial charge is 0.471 e.